The molecule has 16 heavy (non-hydrogen) atoms. The van der Waals surface area contributed by atoms with E-state index in [1.54, 1.807) is 6.07 Å². The fourth-order valence-electron chi connectivity index (χ4n) is 2.40. The van der Waals surface area contributed by atoms with Crippen molar-refractivity contribution < 1.29 is 4.39 Å². The van der Waals surface area contributed by atoms with Crippen LogP contribution in [0.15, 0.2) is 18.2 Å². The van der Waals surface area contributed by atoms with Gasteiger partial charge in [-0.3, -0.25) is 0 Å². The van der Waals surface area contributed by atoms with Crippen LogP contribution in [0.25, 0.3) is 0 Å². The first-order chi connectivity index (χ1) is 7.69. The van der Waals surface area contributed by atoms with Gasteiger partial charge < -0.3 is 5.32 Å². The fourth-order valence-corrected chi connectivity index (χ4v) is 3.04. The first-order valence-electron chi connectivity index (χ1n) is 5.90. The average Bonchev–Trinajstić information content (AvgIpc) is 2.70. The Balaban J connectivity index is 1.99. The van der Waals surface area contributed by atoms with E-state index in [1.165, 1.54) is 31.7 Å². The van der Waals surface area contributed by atoms with Gasteiger partial charge in [0.1, 0.15) is 5.82 Å². The molecule has 88 valence electrons. The molecule has 1 fully saturated rings. The van der Waals surface area contributed by atoms with Gasteiger partial charge in [0.05, 0.1) is 0 Å². The molecule has 1 aromatic rings. The van der Waals surface area contributed by atoms with E-state index in [0.717, 1.165) is 15.2 Å². The molecule has 1 aliphatic rings. The summed E-state index contributed by atoms with van der Waals surface area (Å²) < 4.78 is 13.9. The largest absolute Gasteiger partial charge is 0.381 e. The second-order valence-corrected chi connectivity index (χ2v) is 5.71. The molecular weight excluding hydrogens is 316 g/mol. The van der Waals surface area contributed by atoms with Gasteiger partial charge >= 0.3 is 0 Å². The Hall–Kier alpha value is -0.320. The molecule has 0 radical (unpaired) electrons. The van der Waals surface area contributed by atoms with Crippen molar-refractivity contribution in [3.05, 3.63) is 27.6 Å². The van der Waals surface area contributed by atoms with Crippen LogP contribution in [0.1, 0.15) is 32.6 Å². The van der Waals surface area contributed by atoms with Crippen LogP contribution in [0.2, 0.25) is 0 Å². The lowest BCUT2D eigenvalue weighted by atomic mass is 10.1. The van der Waals surface area contributed by atoms with Crippen LogP contribution < -0.4 is 5.32 Å². The highest BCUT2D eigenvalue weighted by Crippen LogP contribution is 2.31. The molecule has 1 N–H and O–H groups in total. The molecule has 2 rings (SSSR count). The lowest BCUT2D eigenvalue weighted by Gasteiger charge is -2.15. The van der Waals surface area contributed by atoms with Gasteiger partial charge in [0.25, 0.3) is 0 Å². The zero-order chi connectivity index (χ0) is 11.5. The predicted molar refractivity (Wildman–Crippen MR) is 74.2 cm³/mol. The number of hydrogen-bond donors (Lipinski definition) is 1. The highest BCUT2D eigenvalue weighted by Gasteiger charge is 2.23. The van der Waals surface area contributed by atoms with Crippen LogP contribution in [0.3, 0.4) is 0 Å². The lowest BCUT2D eigenvalue weighted by molar-refractivity contribution is 0.525. The van der Waals surface area contributed by atoms with Gasteiger partial charge in [0, 0.05) is 15.3 Å². The number of nitrogens with one attached hydrogen (secondary N) is 1. The second kappa shape index (κ2) is 5.34. The Morgan fingerprint density at radius 1 is 1.44 bits per heavy atom. The highest BCUT2D eigenvalue weighted by atomic mass is 127. The van der Waals surface area contributed by atoms with Gasteiger partial charge in [-0.2, -0.15) is 0 Å². The van der Waals surface area contributed by atoms with Gasteiger partial charge in [-0.05, 0) is 66.0 Å². The molecule has 0 spiro atoms. The quantitative estimate of drug-likeness (QED) is 0.808. The summed E-state index contributed by atoms with van der Waals surface area (Å²) in [5.41, 5.74) is 1.07. The smallest absolute Gasteiger partial charge is 0.124 e. The maximum absolute atomic E-state index is 12.9. The summed E-state index contributed by atoms with van der Waals surface area (Å²) in [6, 6.07) is 5.52. The van der Waals surface area contributed by atoms with E-state index >= 15 is 0 Å². The zero-order valence-corrected chi connectivity index (χ0v) is 11.6. The summed E-state index contributed by atoms with van der Waals surface area (Å²) in [6.07, 6.45) is 5.10. The fraction of sp³-hybridized carbons (Fsp3) is 0.538. The summed E-state index contributed by atoms with van der Waals surface area (Å²) in [4.78, 5) is 0. The lowest BCUT2D eigenvalue weighted by Crippen LogP contribution is -2.16. The predicted octanol–water partition coefficient (Wildman–Crippen LogP) is 4.42. The van der Waals surface area contributed by atoms with E-state index in [9.17, 15) is 4.39 Å². The molecule has 0 aliphatic heterocycles. The molecule has 1 aromatic carbocycles. The van der Waals surface area contributed by atoms with Crippen molar-refractivity contribution in [2.45, 2.75) is 38.6 Å². The third-order valence-corrected chi connectivity index (χ3v) is 4.30. The summed E-state index contributed by atoms with van der Waals surface area (Å²) in [5.74, 6) is 0.711. The molecule has 1 aliphatic carbocycles. The van der Waals surface area contributed by atoms with Gasteiger partial charge in [-0.15, -0.1) is 0 Å². The van der Waals surface area contributed by atoms with Crippen molar-refractivity contribution in [3.8, 4) is 0 Å². The van der Waals surface area contributed by atoms with E-state index < -0.39 is 0 Å². The minimum Gasteiger partial charge on any atom is -0.381 e. The van der Waals surface area contributed by atoms with Gasteiger partial charge in [-0.25, -0.2) is 4.39 Å². The third-order valence-electron chi connectivity index (χ3n) is 3.41. The molecule has 0 aromatic heterocycles. The van der Waals surface area contributed by atoms with Gasteiger partial charge in [0.2, 0.25) is 0 Å². The number of halogens is 2. The molecule has 2 unspecified atom stereocenters. The van der Waals surface area contributed by atoms with Crippen LogP contribution in [0, 0.1) is 15.3 Å². The Bertz CT molecular complexity index is 367. The molecule has 0 heterocycles. The Labute approximate surface area is 110 Å². The minimum atomic E-state index is -0.159. The maximum Gasteiger partial charge on any atom is 0.124 e. The monoisotopic (exact) mass is 333 g/mol. The number of rotatable bonds is 3. The molecule has 0 bridgehead atoms. The van der Waals surface area contributed by atoms with E-state index in [-0.39, 0.29) is 5.82 Å². The topological polar surface area (TPSA) is 12.0 Å². The highest BCUT2D eigenvalue weighted by molar-refractivity contribution is 14.1. The molecule has 1 nitrogen and oxygen atoms in total. The molecular formula is C13H17FIN. The molecule has 1 saturated carbocycles. The van der Waals surface area contributed by atoms with Gasteiger partial charge in [-0.1, -0.05) is 13.3 Å². The molecule has 0 amide bonds. The molecule has 3 heteroatoms. The Morgan fingerprint density at radius 3 is 2.88 bits per heavy atom. The summed E-state index contributed by atoms with van der Waals surface area (Å²) in [5, 5.41) is 3.53. The molecule has 0 saturated heterocycles. The first kappa shape index (κ1) is 12.1. The first-order valence-corrected chi connectivity index (χ1v) is 6.98. The summed E-state index contributed by atoms with van der Waals surface area (Å²) >= 11 is 2.18. The SMILES string of the molecule is CCC1CCC(Nc2ccc(F)cc2I)C1. The van der Waals surface area contributed by atoms with E-state index in [1.807, 2.05) is 6.07 Å². The standard InChI is InChI=1S/C13H17FIN/c1-2-9-3-5-11(7-9)16-13-6-4-10(14)8-12(13)15/h4,6,8-9,11,16H,2-3,5,7H2,1H3. The zero-order valence-electron chi connectivity index (χ0n) is 9.47. The van der Waals surface area contributed by atoms with Crippen LogP contribution in [-0.2, 0) is 0 Å². The average molecular weight is 333 g/mol. The van der Waals surface area contributed by atoms with E-state index in [0.29, 0.717) is 6.04 Å². The summed E-state index contributed by atoms with van der Waals surface area (Å²) in [6.45, 7) is 2.26. The summed E-state index contributed by atoms with van der Waals surface area (Å²) in [7, 11) is 0. The van der Waals surface area contributed by atoms with Crippen molar-refractivity contribution >= 4 is 28.3 Å². The van der Waals surface area contributed by atoms with Crippen LogP contribution in [-0.4, -0.2) is 6.04 Å². The van der Waals surface area contributed by atoms with E-state index in [4.69, 9.17) is 0 Å². The normalized spacial score (nSPS) is 24.7. The number of benzene rings is 1. The van der Waals surface area contributed by atoms with Crippen molar-refractivity contribution in [2.75, 3.05) is 5.32 Å². The number of hydrogen-bond acceptors (Lipinski definition) is 1. The van der Waals surface area contributed by atoms with Crippen LogP contribution in [0.4, 0.5) is 10.1 Å². The minimum absolute atomic E-state index is 0.159. The van der Waals surface area contributed by atoms with E-state index in [2.05, 4.69) is 34.8 Å². The Morgan fingerprint density at radius 2 is 2.25 bits per heavy atom. The van der Waals surface area contributed by atoms with Gasteiger partial charge in [0.15, 0.2) is 0 Å². The molecule has 2 atom stereocenters. The third kappa shape index (κ3) is 2.87. The second-order valence-electron chi connectivity index (χ2n) is 4.55. The maximum atomic E-state index is 12.9. The van der Waals surface area contributed by atoms with Crippen LogP contribution >= 0.6 is 22.6 Å². The van der Waals surface area contributed by atoms with Crippen molar-refractivity contribution in [1.82, 2.24) is 0 Å². The van der Waals surface area contributed by atoms with Crippen LogP contribution in [0.5, 0.6) is 0 Å². The van der Waals surface area contributed by atoms with Crippen molar-refractivity contribution in [1.29, 1.82) is 0 Å². The number of anilines is 1. The Kier molecular flexibility index (Phi) is 4.05. The van der Waals surface area contributed by atoms with Crippen molar-refractivity contribution in [3.63, 3.8) is 0 Å². The van der Waals surface area contributed by atoms with Crippen molar-refractivity contribution in [2.24, 2.45) is 5.92 Å².